The second kappa shape index (κ2) is 4.66. The van der Waals surface area contributed by atoms with Gasteiger partial charge in [-0.2, -0.15) is 4.98 Å². The van der Waals surface area contributed by atoms with E-state index in [2.05, 4.69) is 11.9 Å². The van der Waals surface area contributed by atoms with Crippen molar-refractivity contribution in [1.82, 2.24) is 9.55 Å². The first kappa shape index (κ1) is 13.0. The van der Waals surface area contributed by atoms with Crippen molar-refractivity contribution in [2.45, 2.75) is 31.5 Å². The molecular weight excluding hydrogens is 241 g/mol. The normalized spacial score (nSPS) is 32.1. The highest BCUT2D eigenvalue weighted by Crippen LogP contribution is 2.34. The van der Waals surface area contributed by atoms with Crippen LogP contribution in [0.4, 0.5) is 10.2 Å². The lowest BCUT2D eigenvalue weighted by Crippen LogP contribution is -2.33. The van der Waals surface area contributed by atoms with Gasteiger partial charge in [0.25, 0.3) is 0 Å². The Morgan fingerprint density at radius 2 is 2.39 bits per heavy atom. The van der Waals surface area contributed by atoms with Crippen molar-refractivity contribution in [3.8, 4) is 0 Å². The van der Waals surface area contributed by atoms with Crippen LogP contribution in [0.15, 0.2) is 17.1 Å². The minimum absolute atomic E-state index is 0.0484. The van der Waals surface area contributed by atoms with Crippen LogP contribution >= 0.6 is 0 Å². The fraction of sp³-hybridized carbons (Fsp3) is 0.545. The zero-order chi connectivity index (χ0) is 13.4. The molecule has 18 heavy (non-hydrogen) atoms. The smallest absolute Gasteiger partial charge is 0.351 e. The molecule has 7 heteroatoms. The number of aliphatic hydroxyl groups excluding tert-OH is 1. The highest BCUT2D eigenvalue weighted by Gasteiger charge is 2.46. The lowest BCUT2D eigenvalue weighted by molar-refractivity contribution is -0.0422. The summed E-state index contributed by atoms with van der Waals surface area (Å²) < 4.78 is 20.3. The lowest BCUT2D eigenvalue weighted by Gasteiger charge is -2.18. The first-order valence-corrected chi connectivity index (χ1v) is 5.57. The number of aliphatic hydroxyl groups is 1. The molecule has 3 N–H and O–H groups in total. The molecule has 0 amide bonds. The predicted molar refractivity (Wildman–Crippen MR) is 62.2 cm³/mol. The minimum Gasteiger partial charge on any atom is -0.387 e. The molecule has 2 rings (SSSR count). The van der Waals surface area contributed by atoms with Gasteiger partial charge in [-0.1, -0.05) is 6.92 Å². The Morgan fingerprint density at radius 1 is 1.72 bits per heavy atom. The Bertz CT molecular complexity index is 491. The molecule has 1 radical (unpaired) electrons. The summed E-state index contributed by atoms with van der Waals surface area (Å²) in [5.74, 6) is -0.257. The summed E-state index contributed by atoms with van der Waals surface area (Å²) in [4.78, 5) is 15.1. The molecule has 2 heterocycles. The van der Waals surface area contributed by atoms with Gasteiger partial charge >= 0.3 is 5.69 Å². The Balaban J connectivity index is 2.32. The van der Waals surface area contributed by atoms with Crippen molar-refractivity contribution < 1.29 is 14.2 Å². The van der Waals surface area contributed by atoms with Crippen LogP contribution in [0.3, 0.4) is 0 Å². The Hall–Kier alpha value is -1.47. The lowest BCUT2D eigenvalue weighted by atomic mass is 10.0. The third-order valence-electron chi connectivity index (χ3n) is 2.92. The van der Waals surface area contributed by atoms with Gasteiger partial charge in [0, 0.05) is 6.20 Å². The van der Waals surface area contributed by atoms with E-state index in [0.717, 1.165) is 4.57 Å². The van der Waals surface area contributed by atoms with Crippen LogP contribution in [0.5, 0.6) is 0 Å². The average molecular weight is 256 g/mol. The first-order chi connectivity index (χ1) is 8.41. The van der Waals surface area contributed by atoms with Crippen LogP contribution in [0, 0.1) is 12.8 Å². The maximum Gasteiger partial charge on any atom is 0.351 e. The molecule has 0 spiro atoms. The summed E-state index contributed by atoms with van der Waals surface area (Å²) in [5, 5.41) is 9.70. The summed E-state index contributed by atoms with van der Waals surface area (Å²) in [6, 6.07) is 1.37. The third-order valence-corrected chi connectivity index (χ3v) is 2.92. The van der Waals surface area contributed by atoms with Crippen LogP contribution in [0.1, 0.15) is 13.2 Å². The van der Waals surface area contributed by atoms with Crippen molar-refractivity contribution in [3.63, 3.8) is 0 Å². The van der Waals surface area contributed by atoms with Gasteiger partial charge in [0.2, 0.25) is 0 Å². The second-order valence-corrected chi connectivity index (χ2v) is 4.45. The van der Waals surface area contributed by atoms with E-state index in [-0.39, 0.29) is 11.7 Å². The molecule has 5 atom stereocenters. The predicted octanol–water partition coefficient (Wildman–Crippen LogP) is -0.108. The highest BCUT2D eigenvalue weighted by atomic mass is 19.1. The number of nitrogens with zero attached hydrogens (tertiary/aromatic N) is 2. The standard InChI is InChI=1S/C11H15FN3O3/c1-5(2)9-8(16)7(12)10(18-9)15-4-3-6(13)14-11(15)17/h3-5,7-10,16H,1H2,2H3,(H2,13,14,17)/t5-,7-,8+,9+,10-/m1/s1. The molecule has 0 aromatic carbocycles. The number of halogens is 1. The fourth-order valence-corrected chi connectivity index (χ4v) is 1.98. The molecular formula is C11H15FN3O3. The van der Waals surface area contributed by atoms with Gasteiger partial charge in [-0.05, 0) is 18.9 Å². The molecule has 0 aliphatic carbocycles. The monoisotopic (exact) mass is 256 g/mol. The maximum atomic E-state index is 13.9. The molecule has 1 saturated heterocycles. The van der Waals surface area contributed by atoms with Crippen molar-refractivity contribution >= 4 is 5.82 Å². The van der Waals surface area contributed by atoms with Crippen molar-refractivity contribution in [1.29, 1.82) is 0 Å². The van der Waals surface area contributed by atoms with Crippen molar-refractivity contribution in [2.24, 2.45) is 5.92 Å². The molecule has 1 fully saturated rings. The number of hydrogen-bond donors (Lipinski definition) is 2. The van der Waals surface area contributed by atoms with Gasteiger partial charge in [-0.25, -0.2) is 9.18 Å². The van der Waals surface area contributed by atoms with Gasteiger partial charge in [0.05, 0.1) is 6.10 Å². The number of nitrogen functional groups attached to an aromatic ring is 1. The van der Waals surface area contributed by atoms with Crippen LogP contribution < -0.4 is 11.4 Å². The number of nitrogens with two attached hydrogens (primary N) is 1. The second-order valence-electron chi connectivity index (χ2n) is 4.45. The number of anilines is 1. The molecule has 1 aromatic rings. The number of ether oxygens (including phenoxy) is 1. The topological polar surface area (TPSA) is 90.4 Å². The average Bonchev–Trinajstić information content (AvgIpc) is 2.57. The minimum atomic E-state index is -1.71. The van der Waals surface area contributed by atoms with Crippen LogP contribution in [-0.4, -0.2) is 33.0 Å². The van der Waals surface area contributed by atoms with Crippen LogP contribution in [0.2, 0.25) is 0 Å². The van der Waals surface area contributed by atoms with Gasteiger partial charge in [0.15, 0.2) is 12.4 Å². The van der Waals surface area contributed by atoms with E-state index in [1.165, 1.54) is 12.3 Å². The molecule has 0 bridgehead atoms. The summed E-state index contributed by atoms with van der Waals surface area (Å²) in [6.07, 6.45) is -3.68. The zero-order valence-corrected chi connectivity index (χ0v) is 9.86. The van der Waals surface area contributed by atoms with Gasteiger partial charge in [0.1, 0.15) is 11.9 Å². The first-order valence-electron chi connectivity index (χ1n) is 5.57. The van der Waals surface area contributed by atoms with Gasteiger partial charge in [-0.3, -0.25) is 4.57 Å². The van der Waals surface area contributed by atoms with E-state index in [1.54, 1.807) is 6.92 Å². The van der Waals surface area contributed by atoms with E-state index >= 15 is 0 Å². The van der Waals surface area contributed by atoms with E-state index in [0.29, 0.717) is 0 Å². The number of hydrogen-bond acceptors (Lipinski definition) is 5. The number of aromatic nitrogens is 2. The molecule has 0 unspecified atom stereocenters. The van der Waals surface area contributed by atoms with Gasteiger partial charge < -0.3 is 15.6 Å². The number of rotatable bonds is 2. The third kappa shape index (κ3) is 2.11. The molecule has 1 aromatic heterocycles. The van der Waals surface area contributed by atoms with E-state index in [4.69, 9.17) is 10.5 Å². The van der Waals surface area contributed by atoms with Crippen LogP contribution in [-0.2, 0) is 4.74 Å². The van der Waals surface area contributed by atoms with Crippen LogP contribution in [0.25, 0.3) is 0 Å². The Kier molecular flexibility index (Phi) is 3.36. The quantitative estimate of drug-likeness (QED) is 0.770. The van der Waals surface area contributed by atoms with Crippen molar-refractivity contribution in [3.05, 3.63) is 29.7 Å². The molecule has 1 aliphatic rings. The molecule has 99 valence electrons. The summed E-state index contributed by atoms with van der Waals surface area (Å²) >= 11 is 0. The fourth-order valence-electron chi connectivity index (χ4n) is 1.98. The van der Waals surface area contributed by atoms with E-state index in [1.807, 2.05) is 0 Å². The Morgan fingerprint density at radius 3 is 2.89 bits per heavy atom. The van der Waals surface area contributed by atoms with E-state index < -0.39 is 30.3 Å². The van der Waals surface area contributed by atoms with Gasteiger partial charge in [-0.15, -0.1) is 0 Å². The maximum absolute atomic E-state index is 13.9. The summed E-state index contributed by atoms with van der Waals surface area (Å²) in [6.45, 7) is 5.40. The molecule has 6 nitrogen and oxygen atoms in total. The molecule has 1 aliphatic heterocycles. The SMILES string of the molecule is [CH2][C@H](C)[C@@H]1O[C@@H](n2ccc(N)nc2=O)[C@H](F)[C@@H]1O. The number of alkyl halides is 1. The van der Waals surface area contributed by atoms with E-state index in [9.17, 15) is 14.3 Å². The summed E-state index contributed by atoms with van der Waals surface area (Å²) in [7, 11) is 0. The highest BCUT2D eigenvalue weighted by molar-refractivity contribution is 5.23. The zero-order valence-electron chi connectivity index (χ0n) is 9.86. The molecule has 0 saturated carbocycles. The largest absolute Gasteiger partial charge is 0.387 e. The Labute approximate surface area is 103 Å². The summed E-state index contributed by atoms with van der Waals surface area (Å²) in [5.41, 5.74) is 4.63. The van der Waals surface area contributed by atoms with Crippen molar-refractivity contribution in [2.75, 3.05) is 5.73 Å².